The Labute approximate surface area is 211 Å². The van der Waals surface area contributed by atoms with Gasteiger partial charge in [0.2, 0.25) is 0 Å². The van der Waals surface area contributed by atoms with E-state index in [1.165, 1.54) is 47.7 Å². The van der Waals surface area contributed by atoms with Crippen molar-refractivity contribution in [2.45, 2.75) is 45.1 Å². The van der Waals surface area contributed by atoms with Gasteiger partial charge in [0.15, 0.2) is 0 Å². The maximum Gasteiger partial charge on any atom is 0.407 e. The van der Waals surface area contributed by atoms with Gasteiger partial charge in [-0.1, -0.05) is 36.5 Å². The maximum absolute atomic E-state index is 12.1. The van der Waals surface area contributed by atoms with Crippen LogP contribution in [0.3, 0.4) is 0 Å². The number of ether oxygens (including phenoxy) is 1. The van der Waals surface area contributed by atoms with E-state index >= 15 is 0 Å². The molecule has 6 nitrogen and oxygen atoms in total. The summed E-state index contributed by atoms with van der Waals surface area (Å²) in [5.74, 6) is 1.92. The zero-order chi connectivity index (χ0) is 23.8. The molecule has 34 heavy (non-hydrogen) atoms. The highest BCUT2D eigenvalue weighted by Gasteiger charge is 2.25. The van der Waals surface area contributed by atoms with Crippen LogP contribution in [-0.4, -0.2) is 60.7 Å². The number of aromatic nitrogens is 1. The molecule has 0 atom stereocenters. The fourth-order valence-corrected chi connectivity index (χ4v) is 6.15. The van der Waals surface area contributed by atoms with Crippen LogP contribution >= 0.6 is 23.3 Å². The van der Waals surface area contributed by atoms with Gasteiger partial charge in [-0.3, -0.25) is 4.90 Å². The van der Waals surface area contributed by atoms with Crippen LogP contribution in [0.25, 0.3) is 10.1 Å². The van der Waals surface area contributed by atoms with Crippen molar-refractivity contribution in [2.24, 2.45) is 5.92 Å². The summed E-state index contributed by atoms with van der Waals surface area (Å²) in [7, 11) is 0. The number of hydrogen-bond acceptors (Lipinski definition) is 7. The van der Waals surface area contributed by atoms with Gasteiger partial charge in [0.1, 0.15) is 12.4 Å². The molecule has 1 amide bonds. The highest BCUT2D eigenvalue weighted by molar-refractivity contribution is 8.05. The van der Waals surface area contributed by atoms with E-state index in [4.69, 9.17) is 9.11 Å². The second kappa shape index (κ2) is 12.6. The first-order valence-corrected chi connectivity index (χ1v) is 14.0. The number of allylic oxidation sites excluding steroid dienone is 1. The van der Waals surface area contributed by atoms with Gasteiger partial charge in [-0.25, -0.2) is 4.79 Å². The topological polar surface area (TPSA) is 57.7 Å². The van der Waals surface area contributed by atoms with E-state index in [1.807, 2.05) is 13.0 Å². The molecule has 0 bridgehead atoms. The number of hydrogen-bond donors (Lipinski definition) is 1. The molecule has 1 aromatic carbocycles. The van der Waals surface area contributed by atoms with Crippen molar-refractivity contribution < 1.29 is 9.53 Å². The van der Waals surface area contributed by atoms with Crippen LogP contribution < -0.4 is 10.2 Å². The molecule has 4 rings (SSSR count). The summed E-state index contributed by atoms with van der Waals surface area (Å²) >= 11 is 3.09. The van der Waals surface area contributed by atoms with Crippen molar-refractivity contribution in [3.63, 3.8) is 0 Å². The number of alkyl carbamates (subject to hydrolysis) is 1. The molecule has 1 saturated carbocycles. The van der Waals surface area contributed by atoms with Gasteiger partial charge in [-0.2, -0.15) is 4.37 Å². The van der Waals surface area contributed by atoms with E-state index in [0.717, 1.165) is 55.7 Å². The molecular formula is C26H36N4O2S2. The summed E-state index contributed by atoms with van der Waals surface area (Å²) in [4.78, 5) is 18.2. The SMILES string of the molecule is C=CS/C(=C\C)COC(=O)NC1CCC(CCN2CCN(c3nsc4ccccc34)CC2)CC1. The second-order valence-electron chi connectivity index (χ2n) is 9.10. The molecule has 184 valence electrons. The molecule has 1 aliphatic heterocycles. The summed E-state index contributed by atoms with van der Waals surface area (Å²) in [6, 6.07) is 8.77. The number of carbonyl (C=O) groups excluding carboxylic acids is 1. The van der Waals surface area contributed by atoms with E-state index in [2.05, 4.69) is 46.0 Å². The molecule has 0 unspecified atom stereocenters. The van der Waals surface area contributed by atoms with Gasteiger partial charge in [0, 0.05) is 42.5 Å². The Morgan fingerprint density at radius 1 is 1.24 bits per heavy atom. The van der Waals surface area contributed by atoms with Crippen molar-refractivity contribution in [1.82, 2.24) is 14.6 Å². The molecule has 2 aromatic rings. The monoisotopic (exact) mass is 500 g/mol. The summed E-state index contributed by atoms with van der Waals surface area (Å²) in [5.41, 5.74) is 0. The number of amides is 1. The Bertz CT molecular complexity index is 976. The van der Waals surface area contributed by atoms with E-state index in [0.29, 0.717) is 6.61 Å². The van der Waals surface area contributed by atoms with Crippen LogP contribution in [0.5, 0.6) is 0 Å². The zero-order valence-electron chi connectivity index (χ0n) is 20.1. The quantitative estimate of drug-likeness (QED) is 0.464. The third-order valence-corrected chi connectivity index (χ3v) is 8.59. The van der Waals surface area contributed by atoms with Crippen LogP contribution in [0.4, 0.5) is 10.6 Å². The predicted octanol–water partition coefficient (Wildman–Crippen LogP) is 5.87. The number of rotatable bonds is 9. The summed E-state index contributed by atoms with van der Waals surface area (Å²) in [6.45, 7) is 11.4. The third-order valence-electron chi connectivity index (χ3n) is 6.95. The van der Waals surface area contributed by atoms with Crippen LogP contribution in [0.15, 0.2) is 47.2 Å². The molecular weight excluding hydrogens is 464 g/mol. The van der Waals surface area contributed by atoms with Crippen molar-refractivity contribution in [2.75, 3.05) is 44.2 Å². The minimum absolute atomic E-state index is 0.237. The van der Waals surface area contributed by atoms with E-state index in [-0.39, 0.29) is 12.1 Å². The number of nitrogens with one attached hydrogen (secondary N) is 1. The minimum atomic E-state index is -0.307. The molecule has 0 radical (unpaired) electrons. The van der Waals surface area contributed by atoms with E-state index in [1.54, 1.807) is 16.9 Å². The number of anilines is 1. The van der Waals surface area contributed by atoms with Gasteiger partial charge in [-0.15, -0.1) is 0 Å². The van der Waals surface area contributed by atoms with Crippen molar-refractivity contribution in [3.8, 4) is 0 Å². The number of benzene rings is 1. The Morgan fingerprint density at radius 3 is 2.74 bits per heavy atom. The smallest absolute Gasteiger partial charge is 0.407 e. The van der Waals surface area contributed by atoms with Crippen molar-refractivity contribution >= 4 is 45.3 Å². The molecule has 8 heteroatoms. The fraction of sp³-hybridized carbons (Fsp3) is 0.538. The van der Waals surface area contributed by atoms with Crippen LogP contribution in [-0.2, 0) is 4.74 Å². The second-order valence-corrected chi connectivity index (χ2v) is 11.0. The highest BCUT2D eigenvalue weighted by Crippen LogP contribution is 2.30. The molecule has 2 fully saturated rings. The summed E-state index contributed by atoms with van der Waals surface area (Å²) < 4.78 is 11.4. The Hall–Kier alpha value is -2.03. The average Bonchev–Trinajstić information content (AvgIpc) is 3.31. The molecule has 1 N–H and O–H groups in total. The van der Waals surface area contributed by atoms with E-state index in [9.17, 15) is 4.79 Å². The molecule has 2 heterocycles. The molecule has 1 aromatic heterocycles. The lowest BCUT2D eigenvalue weighted by molar-refractivity contribution is 0.146. The first-order valence-electron chi connectivity index (χ1n) is 12.3. The van der Waals surface area contributed by atoms with Crippen LogP contribution in [0.1, 0.15) is 39.0 Å². The summed E-state index contributed by atoms with van der Waals surface area (Å²) in [6.07, 6.45) is 7.35. The van der Waals surface area contributed by atoms with Crippen LogP contribution in [0, 0.1) is 5.92 Å². The molecule has 0 spiro atoms. The predicted molar refractivity (Wildman–Crippen MR) is 145 cm³/mol. The Morgan fingerprint density at radius 2 is 2.00 bits per heavy atom. The van der Waals surface area contributed by atoms with Crippen molar-refractivity contribution in [1.29, 1.82) is 0 Å². The van der Waals surface area contributed by atoms with Gasteiger partial charge < -0.3 is 15.0 Å². The summed E-state index contributed by atoms with van der Waals surface area (Å²) in [5, 5.41) is 6.09. The largest absolute Gasteiger partial charge is 0.444 e. The first-order chi connectivity index (χ1) is 16.7. The normalized spacial score (nSPS) is 22.0. The van der Waals surface area contributed by atoms with Gasteiger partial charge in [-0.05, 0) is 80.6 Å². The standard InChI is InChI=1S/C26H36N4O2S2/c1-3-22(33-4-2)19-32-26(31)27-21-11-9-20(10-12-21)13-14-29-15-17-30(18-16-29)25-23-7-5-6-8-24(23)34-28-25/h3-8,20-21H,2,9-19H2,1H3,(H,27,31)/b22-3-. The first kappa shape index (κ1) is 25.1. The van der Waals surface area contributed by atoms with E-state index < -0.39 is 0 Å². The molecule has 1 saturated heterocycles. The third kappa shape index (κ3) is 6.77. The molecule has 2 aliphatic rings. The maximum atomic E-state index is 12.1. The van der Waals surface area contributed by atoms with Gasteiger partial charge >= 0.3 is 6.09 Å². The lowest BCUT2D eigenvalue weighted by Gasteiger charge is -2.36. The number of fused-ring (bicyclic) bond motifs is 1. The molecule has 1 aliphatic carbocycles. The Kier molecular flexibility index (Phi) is 9.30. The fourth-order valence-electron chi connectivity index (χ4n) is 4.88. The van der Waals surface area contributed by atoms with Crippen molar-refractivity contribution in [3.05, 3.63) is 47.2 Å². The van der Waals surface area contributed by atoms with Gasteiger partial charge in [0.05, 0.1) is 4.70 Å². The Balaban J connectivity index is 1.12. The van der Waals surface area contributed by atoms with Crippen LogP contribution in [0.2, 0.25) is 0 Å². The lowest BCUT2D eigenvalue weighted by atomic mass is 9.84. The zero-order valence-corrected chi connectivity index (χ0v) is 21.7. The van der Waals surface area contributed by atoms with Gasteiger partial charge in [0.25, 0.3) is 0 Å². The lowest BCUT2D eigenvalue weighted by Crippen LogP contribution is -2.47. The average molecular weight is 501 g/mol. The number of carbonyl (C=O) groups is 1. The highest BCUT2D eigenvalue weighted by atomic mass is 32.2. The minimum Gasteiger partial charge on any atom is -0.444 e. The number of thioether (sulfide) groups is 1. The number of nitrogens with zero attached hydrogens (tertiary/aromatic N) is 3. The number of piperazine rings is 1.